The van der Waals surface area contributed by atoms with Crippen LogP contribution in [0.4, 0.5) is 10.1 Å². The van der Waals surface area contributed by atoms with Crippen molar-refractivity contribution in [3.05, 3.63) is 84.1 Å². The van der Waals surface area contributed by atoms with Crippen LogP contribution < -0.4 is 9.62 Å². The van der Waals surface area contributed by atoms with Crippen molar-refractivity contribution >= 4 is 15.7 Å². The predicted molar refractivity (Wildman–Crippen MR) is 109 cm³/mol. The monoisotopic (exact) mass is 418 g/mol. The van der Waals surface area contributed by atoms with Crippen LogP contribution in [0.5, 0.6) is 0 Å². The quantitative estimate of drug-likeness (QED) is 0.558. The van der Waals surface area contributed by atoms with Crippen molar-refractivity contribution < 1.29 is 22.3 Å². The van der Waals surface area contributed by atoms with Gasteiger partial charge in [0.1, 0.15) is 11.6 Å². The first-order chi connectivity index (χ1) is 13.9. The lowest BCUT2D eigenvalue weighted by Crippen LogP contribution is -2.41. The minimum atomic E-state index is -3.94. The number of aliphatic hydroxyl groups is 1. The second kappa shape index (κ2) is 9.21. The van der Waals surface area contributed by atoms with E-state index in [9.17, 15) is 17.9 Å². The normalized spacial score (nSPS) is 12.7. The molecule has 0 fully saturated rings. The Morgan fingerprint density at radius 3 is 2.41 bits per heavy atom. The van der Waals surface area contributed by atoms with Crippen LogP contribution in [0.15, 0.2) is 76.2 Å². The van der Waals surface area contributed by atoms with Gasteiger partial charge in [-0.2, -0.15) is 0 Å². The Labute approximate surface area is 169 Å². The number of sulfonamides is 1. The molecule has 6 nitrogen and oxygen atoms in total. The van der Waals surface area contributed by atoms with E-state index in [1.807, 2.05) is 6.92 Å². The molecule has 154 valence electrons. The molecule has 0 bridgehead atoms. The van der Waals surface area contributed by atoms with E-state index >= 15 is 0 Å². The molecule has 2 N–H and O–H groups in total. The molecular formula is C21H23FN2O4S. The number of nitrogens with one attached hydrogen (secondary N) is 1. The summed E-state index contributed by atoms with van der Waals surface area (Å²) >= 11 is 0. The molecule has 0 aliphatic carbocycles. The molecule has 8 heteroatoms. The molecule has 29 heavy (non-hydrogen) atoms. The highest BCUT2D eigenvalue weighted by Crippen LogP contribution is 2.24. The van der Waals surface area contributed by atoms with E-state index in [0.717, 1.165) is 9.87 Å². The Bertz CT molecular complexity index is 1000. The number of halogens is 1. The molecule has 0 unspecified atom stereocenters. The van der Waals surface area contributed by atoms with Crippen LogP contribution in [0, 0.1) is 12.7 Å². The molecule has 1 heterocycles. The van der Waals surface area contributed by atoms with Crippen LogP contribution in [-0.4, -0.2) is 32.7 Å². The molecule has 0 radical (unpaired) electrons. The maximum Gasteiger partial charge on any atom is 0.264 e. The molecule has 0 aliphatic heterocycles. The van der Waals surface area contributed by atoms with Gasteiger partial charge in [0.05, 0.1) is 36.0 Å². The summed E-state index contributed by atoms with van der Waals surface area (Å²) in [5, 5.41) is 13.5. The summed E-state index contributed by atoms with van der Waals surface area (Å²) in [7, 11) is -3.94. The minimum Gasteiger partial charge on any atom is -0.468 e. The van der Waals surface area contributed by atoms with E-state index in [1.165, 1.54) is 36.4 Å². The van der Waals surface area contributed by atoms with Crippen LogP contribution in [0.25, 0.3) is 0 Å². The van der Waals surface area contributed by atoms with E-state index in [-0.39, 0.29) is 23.7 Å². The van der Waals surface area contributed by atoms with Crippen LogP contribution in [0.2, 0.25) is 0 Å². The van der Waals surface area contributed by atoms with Crippen molar-refractivity contribution in [2.24, 2.45) is 0 Å². The van der Waals surface area contributed by atoms with E-state index < -0.39 is 21.9 Å². The second-order valence-corrected chi connectivity index (χ2v) is 8.55. The third-order valence-electron chi connectivity index (χ3n) is 4.36. The van der Waals surface area contributed by atoms with Gasteiger partial charge in [0.2, 0.25) is 0 Å². The fourth-order valence-electron chi connectivity index (χ4n) is 2.82. The van der Waals surface area contributed by atoms with Gasteiger partial charge in [0.25, 0.3) is 10.0 Å². The third-order valence-corrected chi connectivity index (χ3v) is 6.17. The van der Waals surface area contributed by atoms with Gasteiger partial charge in [-0.25, -0.2) is 12.8 Å². The summed E-state index contributed by atoms with van der Waals surface area (Å²) in [4.78, 5) is 0.100. The van der Waals surface area contributed by atoms with Gasteiger partial charge >= 0.3 is 0 Å². The topological polar surface area (TPSA) is 82.8 Å². The largest absolute Gasteiger partial charge is 0.468 e. The number of hydrogen-bond acceptors (Lipinski definition) is 5. The van der Waals surface area contributed by atoms with Gasteiger partial charge < -0.3 is 14.8 Å². The molecule has 0 amide bonds. The molecule has 1 atom stereocenters. The van der Waals surface area contributed by atoms with Gasteiger partial charge in [-0.05, 0) is 55.5 Å². The summed E-state index contributed by atoms with van der Waals surface area (Å²) in [6.07, 6.45) is 0.563. The van der Waals surface area contributed by atoms with Crippen LogP contribution in [0.3, 0.4) is 0 Å². The van der Waals surface area contributed by atoms with Crippen LogP contribution in [-0.2, 0) is 16.6 Å². The van der Waals surface area contributed by atoms with Crippen LogP contribution >= 0.6 is 0 Å². The highest BCUT2D eigenvalue weighted by atomic mass is 32.2. The number of aryl methyl sites for hydroxylation is 1. The smallest absolute Gasteiger partial charge is 0.264 e. The highest BCUT2D eigenvalue weighted by molar-refractivity contribution is 7.92. The summed E-state index contributed by atoms with van der Waals surface area (Å²) in [5.74, 6) is 0.238. The predicted octanol–water partition coefficient (Wildman–Crippen LogP) is 3.07. The Balaban J connectivity index is 1.79. The number of rotatable bonds is 9. The SMILES string of the molecule is Cc1ccc(S(=O)(=O)N(C[C@@H](O)CNCc2ccco2)c2ccc(F)cc2)cc1. The maximum absolute atomic E-state index is 13.3. The minimum absolute atomic E-state index is 0.100. The highest BCUT2D eigenvalue weighted by Gasteiger charge is 2.27. The summed E-state index contributed by atoms with van der Waals surface area (Å²) in [5.41, 5.74) is 1.21. The van der Waals surface area contributed by atoms with E-state index in [4.69, 9.17) is 4.42 Å². The fraction of sp³-hybridized carbons (Fsp3) is 0.238. The zero-order valence-electron chi connectivity index (χ0n) is 16.0. The van der Waals surface area contributed by atoms with Crippen molar-refractivity contribution in [2.45, 2.75) is 24.5 Å². The zero-order chi connectivity index (χ0) is 20.9. The zero-order valence-corrected chi connectivity index (χ0v) is 16.8. The van der Waals surface area contributed by atoms with Crippen molar-refractivity contribution in [2.75, 3.05) is 17.4 Å². The molecule has 0 spiro atoms. The van der Waals surface area contributed by atoms with E-state index in [0.29, 0.717) is 12.3 Å². The Morgan fingerprint density at radius 1 is 1.10 bits per heavy atom. The number of nitrogens with zero attached hydrogens (tertiary/aromatic N) is 1. The second-order valence-electron chi connectivity index (χ2n) is 6.69. The summed E-state index contributed by atoms with van der Waals surface area (Å²) in [6, 6.07) is 15.1. The molecule has 0 saturated carbocycles. The van der Waals surface area contributed by atoms with E-state index in [2.05, 4.69) is 5.32 Å². The Kier molecular flexibility index (Phi) is 6.68. The Hall–Kier alpha value is -2.68. The number of aliphatic hydroxyl groups excluding tert-OH is 1. The molecule has 0 aliphatic rings. The molecule has 2 aromatic carbocycles. The first-order valence-corrected chi connectivity index (χ1v) is 10.6. The molecule has 0 saturated heterocycles. The van der Waals surface area contributed by atoms with Crippen molar-refractivity contribution in [1.82, 2.24) is 5.32 Å². The molecule has 1 aromatic heterocycles. The van der Waals surface area contributed by atoms with Gasteiger partial charge in [-0.1, -0.05) is 17.7 Å². The van der Waals surface area contributed by atoms with Gasteiger partial charge in [-0.3, -0.25) is 4.31 Å². The van der Waals surface area contributed by atoms with Gasteiger partial charge in [0.15, 0.2) is 0 Å². The number of hydrogen-bond donors (Lipinski definition) is 2. The van der Waals surface area contributed by atoms with Crippen molar-refractivity contribution in [3.63, 3.8) is 0 Å². The molecular weight excluding hydrogens is 395 g/mol. The van der Waals surface area contributed by atoms with Crippen molar-refractivity contribution in [3.8, 4) is 0 Å². The average Bonchev–Trinajstić information content (AvgIpc) is 3.21. The molecule has 3 rings (SSSR count). The molecule has 3 aromatic rings. The lowest BCUT2D eigenvalue weighted by molar-refractivity contribution is 0.179. The summed E-state index contributed by atoms with van der Waals surface area (Å²) in [6.45, 7) is 2.24. The number of benzene rings is 2. The lowest BCUT2D eigenvalue weighted by atomic mass is 10.2. The number of furan rings is 1. The summed E-state index contributed by atoms with van der Waals surface area (Å²) < 4.78 is 46.1. The van der Waals surface area contributed by atoms with Gasteiger partial charge in [0, 0.05) is 6.54 Å². The first-order valence-electron chi connectivity index (χ1n) is 9.12. The lowest BCUT2D eigenvalue weighted by Gasteiger charge is -2.27. The maximum atomic E-state index is 13.3. The van der Waals surface area contributed by atoms with E-state index in [1.54, 1.807) is 30.5 Å². The first kappa shape index (κ1) is 21.0. The third kappa shape index (κ3) is 5.44. The standard InChI is InChI=1S/C21H23FN2O4S/c1-16-4-10-21(11-5-16)29(26,27)24(18-8-6-17(22)7-9-18)15-19(25)13-23-14-20-3-2-12-28-20/h2-12,19,23,25H,13-15H2,1H3/t19-/m0/s1. The van der Waals surface area contributed by atoms with Crippen molar-refractivity contribution in [1.29, 1.82) is 0 Å². The number of anilines is 1. The van der Waals surface area contributed by atoms with Crippen LogP contribution in [0.1, 0.15) is 11.3 Å². The fourth-order valence-corrected chi connectivity index (χ4v) is 4.32. The Morgan fingerprint density at radius 2 is 1.79 bits per heavy atom. The van der Waals surface area contributed by atoms with Gasteiger partial charge in [-0.15, -0.1) is 0 Å². The average molecular weight is 418 g/mol.